The first-order chi connectivity index (χ1) is 7.70. The molecule has 5 heteroatoms. The van der Waals surface area contributed by atoms with E-state index in [1.165, 1.54) is 18.2 Å². The summed E-state index contributed by atoms with van der Waals surface area (Å²) in [4.78, 5) is 21.8. The van der Waals surface area contributed by atoms with Gasteiger partial charge in [-0.05, 0) is 39.0 Å². The standard InChI is InChI=1S/C12H14O5/c1-12(2,3)17-9-6-7(10(13)14)4-5-8(9)11(15)16/h4-6H,1-3H3,(H,13,14)(H,15,16). The molecule has 1 aromatic carbocycles. The maximum atomic E-state index is 11.0. The zero-order chi connectivity index (χ0) is 13.2. The highest BCUT2D eigenvalue weighted by molar-refractivity contribution is 5.94. The van der Waals surface area contributed by atoms with Crippen molar-refractivity contribution in [2.45, 2.75) is 26.4 Å². The van der Waals surface area contributed by atoms with Crippen molar-refractivity contribution in [1.29, 1.82) is 0 Å². The summed E-state index contributed by atoms with van der Waals surface area (Å²) in [5.74, 6) is -2.22. The molecule has 0 fully saturated rings. The second-order valence-corrected chi connectivity index (χ2v) is 4.54. The Balaban J connectivity index is 3.25. The van der Waals surface area contributed by atoms with Crippen LogP contribution in [0.3, 0.4) is 0 Å². The van der Waals surface area contributed by atoms with Crippen LogP contribution in [-0.4, -0.2) is 27.8 Å². The van der Waals surface area contributed by atoms with Crippen LogP contribution in [0.15, 0.2) is 18.2 Å². The van der Waals surface area contributed by atoms with Gasteiger partial charge in [0.2, 0.25) is 0 Å². The lowest BCUT2D eigenvalue weighted by Crippen LogP contribution is -2.24. The Bertz CT molecular complexity index is 456. The molecule has 17 heavy (non-hydrogen) atoms. The van der Waals surface area contributed by atoms with E-state index < -0.39 is 17.5 Å². The van der Waals surface area contributed by atoms with Gasteiger partial charge < -0.3 is 14.9 Å². The maximum absolute atomic E-state index is 11.0. The molecule has 0 aliphatic carbocycles. The van der Waals surface area contributed by atoms with E-state index >= 15 is 0 Å². The van der Waals surface area contributed by atoms with Gasteiger partial charge in [0.15, 0.2) is 0 Å². The minimum atomic E-state index is -1.15. The van der Waals surface area contributed by atoms with E-state index in [0.717, 1.165) is 0 Å². The van der Waals surface area contributed by atoms with Crippen molar-refractivity contribution in [2.75, 3.05) is 0 Å². The molecule has 0 saturated heterocycles. The summed E-state index contributed by atoms with van der Waals surface area (Å²) in [5.41, 5.74) is -0.652. The highest BCUT2D eigenvalue weighted by Gasteiger charge is 2.19. The van der Waals surface area contributed by atoms with Crippen LogP contribution in [0.4, 0.5) is 0 Å². The Morgan fingerprint density at radius 3 is 2.12 bits per heavy atom. The molecule has 1 rings (SSSR count). The largest absolute Gasteiger partial charge is 0.487 e. The third-order valence-electron chi connectivity index (χ3n) is 1.88. The quantitative estimate of drug-likeness (QED) is 0.843. The monoisotopic (exact) mass is 238 g/mol. The number of hydrogen-bond acceptors (Lipinski definition) is 3. The molecule has 0 aliphatic heterocycles. The van der Waals surface area contributed by atoms with Gasteiger partial charge >= 0.3 is 11.9 Å². The van der Waals surface area contributed by atoms with Crippen LogP contribution in [0, 0.1) is 0 Å². The minimum Gasteiger partial charge on any atom is -0.487 e. The molecule has 0 atom stereocenters. The Hall–Kier alpha value is -2.04. The second kappa shape index (κ2) is 4.45. The topological polar surface area (TPSA) is 83.8 Å². The highest BCUT2D eigenvalue weighted by atomic mass is 16.5. The molecule has 0 heterocycles. The number of carboxylic acid groups (broad SMARTS) is 2. The first kappa shape index (κ1) is 13.0. The zero-order valence-electron chi connectivity index (χ0n) is 9.85. The average Bonchev–Trinajstić information content (AvgIpc) is 2.14. The number of benzene rings is 1. The number of hydrogen-bond donors (Lipinski definition) is 2. The molecule has 0 aliphatic rings. The molecule has 0 saturated carbocycles. The number of aromatic carboxylic acids is 2. The fourth-order valence-electron chi connectivity index (χ4n) is 1.25. The van der Waals surface area contributed by atoms with Gasteiger partial charge in [-0.15, -0.1) is 0 Å². The lowest BCUT2D eigenvalue weighted by atomic mass is 10.1. The van der Waals surface area contributed by atoms with Gasteiger partial charge in [0.25, 0.3) is 0 Å². The fourth-order valence-corrected chi connectivity index (χ4v) is 1.25. The van der Waals surface area contributed by atoms with Crippen molar-refractivity contribution in [1.82, 2.24) is 0 Å². The highest BCUT2D eigenvalue weighted by Crippen LogP contribution is 2.25. The average molecular weight is 238 g/mol. The van der Waals surface area contributed by atoms with Gasteiger partial charge in [0, 0.05) is 0 Å². The lowest BCUT2D eigenvalue weighted by molar-refractivity contribution is 0.0665. The normalized spacial score (nSPS) is 11.0. The molecule has 0 bridgehead atoms. The van der Waals surface area contributed by atoms with Crippen LogP contribution in [0.25, 0.3) is 0 Å². The zero-order valence-corrected chi connectivity index (χ0v) is 9.85. The molecule has 2 N–H and O–H groups in total. The molecule has 1 aromatic rings. The first-order valence-corrected chi connectivity index (χ1v) is 5.00. The Labute approximate surface area is 98.6 Å². The van der Waals surface area contributed by atoms with Crippen molar-refractivity contribution in [2.24, 2.45) is 0 Å². The second-order valence-electron chi connectivity index (χ2n) is 4.54. The van der Waals surface area contributed by atoms with Crippen molar-refractivity contribution < 1.29 is 24.5 Å². The van der Waals surface area contributed by atoms with Crippen molar-refractivity contribution in [3.63, 3.8) is 0 Å². The van der Waals surface area contributed by atoms with E-state index in [-0.39, 0.29) is 16.9 Å². The van der Waals surface area contributed by atoms with Crippen molar-refractivity contribution in [3.05, 3.63) is 29.3 Å². The molecular weight excluding hydrogens is 224 g/mol. The Kier molecular flexibility index (Phi) is 3.41. The summed E-state index contributed by atoms with van der Waals surface area (Å²) in [6, 6.07) is 3.69. The Morgan fingerprint density at radius 1 is 1.12 bits per heavy atom. The van der Waals surface area contributed by atoms with Crippen molar-refractivity contribution in [3.8, 4) is 5.75 Å². The molecule has 0 unspecified atom stereocenters. The summed E-state index contributed by atoms with van der Waals surface area (Å²) in [7, 11) is 0. The summed E-state index contributed by atoms with van der Waals surface area (Å²) >= 11 is 0. The summed E-state index contributed by atoms with van der Waals surface area (Å²) in [6.45, 7) is 5.27. The number of carbonyl (C=O) groups is 2. The summed E-state index contributed by atoms with van der Waals surface area (Å²) < 4.78 is 5.44. The predicted octanol–water partition coefficient (Wildman–Crippen LogP) is 2.26. The maximum Gasteiger partial charge on any atom is 0.339 e. The molecule has 0 amide bonds. The van der Waals surface area contributed by atoms with E-state index in [1.807, 2.05) is 0 Å². The lowest BCUT2D eigenvalue weighted by Gasteiger charge is -2.22. The van der Waals surface area contributed by atoms with E-state index in [2.05, 4.69) is 0 Å². The van der Waals surface area contributed by atoms with E-state index in [1.54, 1.807) is 20.8 Å². The van der Waals surface area contributed by atoms with Crippen LogP contribution < -0.4 is 4.74 Å². The van der Waals surface area contributed by atoms with Crippen LogP contribution >= 0.6 is 0 Å². The molecule has 0 aromatic heterocycles. The molecule has 0 spiro atoms. The van der Waals surface area contributed by atoms with Gasteiger partial charge in [-0.25, -0.2) is 9.59 Å². The van der Waals surface area contributed by atoms with E-state index in [0.29, 0.717) is 0 Å². The molecule has 0 radical (unpaired) electrons. The van der Waals surface area contributed by atoms with Gasteiger partial charge in [-0.3, -0.25) is 0 Å². The first-order valence-electron chi connectivity index (χ1n) is 5.00. The minimum absolute atomic E-state index is 0.00532. The SMILES string of the molecule is CC(C)(C)Oc1cc(C(=O)O)ccc1C(=O)O. The molecule has 5 nitrogen and oxygen atoms in total. The smallest absolute Gasteiger partial charge is 0.339 e. The predicted molar refractivity (Wildman–Crippen MR) is 60.7 cm³/mol. The summed E-state index contributed by atoms with van der Waals surface area (Å²) in [6.07, 6.45) is 0. The fraction of sp³-hybridized carbons (Fsp3) is 0.333. The van der Waals surface area contributed by atoms with Gasteiger partial charge in [0.05, 0.1) is 5.56 Å². The van der Waals surface area contributed by atoms with Gasteiger partial charge in [-0.2, -0.15) is 0 Å². The van der Waals surface area contributed by atoms with E-state index in [9.17, 15) is 9.59 Å². The van der Waals surface area contributed by atoms with Crippen LogP contribution in [0.2, 0.25) is 0 Å². The molecule has 92 valence electrons. The Morgan fingerprint density at radius 2 is 1.71 bits per heavy atom. The van der Waals surface area contributed by atoms with Gasteiger partial charge in [-0.1, -0.05) is 0 Å². The van der Waals surface area contributed by atoms with Crippen molar-refractivity contribution >= 4 is 11.9 Å². The van der Waals surface area contributed by atoms with Crippen LogP contribution in [-0.2, 0) is 0 Å². The van der Waals surface area contributed by atoms with E-state index in [4.69, 9.17) is 14.9 Å². The summed E-state index contributed by atoms with van der Waals surface area (Å²) in [5, 5.41) is 17.8. The molecular formula is C12H14O5. The van der Waals surface area contributed by atoms with Gasteiger partial charge in [0.1, 0.15) is 16.9 Å². The number of ether oxygens (including phenoxy) is 1. The third-order valence-corrected chi connectivity index (χ3v) is 1.88. The third kappa shape index (κ3) is 3.48. The number of carboxylic acids is 2. The number of rotatable bonds is 3. The van der Waals surface area contributed by atoms with Crippen LogP contribution in [0.5, 0.6) is 5.75 Å². The van der Waals surface area contributed by atoms with Crippen LogP contribution in [0.1, 0.15) is 41.5 Å².